The zero-order chi connectivity index (χ0) is 15.9. The van der Waals surface area contributed by atoms with Crippen LogP contribution in [0.1, 0.15) is 5.56 Å². The Hall–Kier alpha value is -2.68. The van der Waals surface area contributed by atoms with E-state index in [1.165, 1.54) is 25.6 Å². The van der Waals surface area contributed by atoms with Crippen LogP contribution >= 0.6 is 11.6 Å². The normalized spacial score (nSPS) is 13.3. The van der Waals surface area contributed by atoms with E-state index in [2.05, 4.69) is 25.6 Å². The molecule has 2 amide bonds. The highest BCUT2D eigenvalue weighted by Gasteiger charge is 2.16. The summed E-state index contributed by atoms with van der Waals surface area (Å²) in [6, 6.07) is 1.77. The number of nitrogens with zero attached hydrogens (tertiary/aromatic N) is 4. The summed E-state index contributed by atoms with van der Waals surface area (Å²) in [5.74, 6) is -0.688. The SMILES string of the molecule is CON=NCc1cc(NC(=O)N2C=COC=N2)c(F)cc1Cl. The number of rotatable bonds is 4. The van der Waals surface area contributed by atoms with Crippen molar-refractivity contribution >= 4 is 29.7 Å². The predicted octanol–water partition coefficient (Wildman–Crippen LogP) is 3.27. The number of ether oxygens (including phenoxy) is 1. The lowest BCUT2D eigenvalue weighted by molar-refractivity contribution is 0.185. The third kappa shape index (κ3) is 3.92. The van der Waals surface area contributed by atoms with E-state index < -0.39 is 11.8 Å². The number of halogens is 2. The van der Waals surface area contributed by atoms with Crippen LogP contribution in [-0.4, -0.2) is 24.6 Å². The van der Waals surface area contributed by atoms with E-state index >= 15 is 0 Å². The van der Waals surface area contributed by atoms with Gasteiger partial charge in [0.2, 0.25) is 0 Å². The molecule has 0 bridgehead atoms. The lowest BCUT2D eigenvalue weighted by Crippen LogP contribution is -2.28. The molecule has 1 aliphatic heterocycles. The van der Waals surface area contributed by atoms with Crippen LogP contribution in [0.2, 0.25) is 5.02 Å². The van der Waals surface area contributed by atoms with Crippen molar-refractivity contribution in [3.63, 3.8) is 0 Å². The Labute approximate surface area is 129 Å². The van der Waals surface area contributed by atoms with Gasteiger partial charge in [-0.05, 0) is 17.7 Å². The number of amides is 2. The lowest BCUT2D eigenvalue weighted by atomic mass is 10.2. The molecule has 0 atom stereocenters. The first-order valence-corrected chi connectivity index (χ1v) is 6.32. The molecule has 1 aromatic rings. The molecule has 1 aliphatic rings. The second kappa shape index (κ2) is 7.36. The molecule has 0 saturated heterocycles. The molecule has 1 heterocycles. The maximum absolute atomic E-state index is 13.9. The summed E-state index contributed by atoms with van der Waals surface area (Å²) in [7, 11) is 1.35. The molecular weight excluding hydrogens is 317 g/mol. The number of carbonyl (C=O) groups excluding carboxylic acids is 1. The van der Waals surface area contributed by atoms with Crippen molar-refractivity contribution in [2.24, 2.45) is 15.5 Å². The summed E-state index contributed by atoms with van der Waals surface area (Å²) in [5, 5.41) is 14.1. The number of benzene rings is 1. The second-order valence-corrected chi connectivity index (χ2v) is 4.31. The van der Waals surface area contributed by atoms with E-state index in [0.717, 1.165) is 17.5 Å². The molecule has 1 N–H and O–H groups in total. The third-order valence-electron chi connectivity index (χ3n) is 2.48. The van der Waals surface area contributed by atoms with Gasteiger partial charge in [0.15, 0.2) is 6.40 Å². The summed E-state index contributed by atoms with van der Waals surface area (Å²) in [6.45, 7) is 0.0748. The number of hydrogen-bond donors (Lipinski definition) is 1. The van der Waals surface area contributed by atoms with Crippen molar-refractivity contribution in [2.75, 3.05) is 12.4 Å². The minimum Gasteiger partial charge on any atom is -0.450 e. The fraction of sp³-hybridized carbons (Fsp3) is 0.167. The average Bonchev–Trinajstić information content (AvgIpc) is 2.52. The predicted molar refractivity (Wildman–Crippen MR) is 76.6 cm³/mol. The van der Waals surface area contributed by atoms with Crippen LogP contribution in [-0.2, 0) is 16.1 Å². The van der Waals surface area contributed by atoms with Gasteiger partial charge in [0.05, 0.1) is 18.4 Å². The molecule has 0 saturated carbocycles. The van der Waals surface area contributed by atoms with Gasteiger partial charge in [-0.3, -0.25) is 0 Å². The standard InChI is InChI=1S/C12H11ClFN5O3/c1-21-18-15-6-8-4-11(10(14)5-9(8)13)17-12(20)19-2-3-22-7-16-19/h2-5,7H,6H2,1H3,(H,17,20). The first-order valence-electron chi connectivity index (χ1n) is 5.94. The van der Waals surface area contributed by atoms with E-state index in [1.807, 2.05) is 0 Å². The van der Waals surface area contributed by atoms with Gasteiger partial charge in [-0.1, -0.05) is 11.6 Å². The molecule has 2 rings (SSSR count). The first kappa shape index (κ1) is 15.7. The summed E-state index contributed by atoms with van der Waals surface area (Å²) < 4.78 is 18.6. The Balaban J connectivity index is 2.15. The van der Waals surface area contributed by atoms with Crippen molar-refractivity contribution < 1.29 is 18.8 Å². The zero-order valence-corrected chi connectivity index (χ0v) is 12.1. The van der Waals surface area contributed by atoms with Crippen LogP contribution in [0, 0.1) is 5.82 Å². The highest BCUT2D eigenvalue weighted by atomic mass is 35.5. The largest absolute Gasteiger partial charge is 0.450 e. The molecule has 0 unspecified atom stereocenters. The number of nitrogens with one attached hydrogen (secondary N) is 1. The third-order valence-corrected chi connectivity index (χ3v) is 2.83. The summed E-state index contributed by atoms with van der Waals surface area (Å²) in [5.41, 5.74) is 0.410. The van der Waals surface area contributed by atoms with Crippen molar-refractivity contribution in [1.29, 1.82) is 0 Å². The van der Waals surface area contributed by atoms with Crippen molar-refractivity contribution in [3.05, 3.63) is 41.0 Å². The fourth-order valence-electron chi connectivity index (χ4n) is 1.51. The monoisotopic (exact) mass is 327 g/mol. The summed E-state index contributed by atoms with van der Waals surface area (Å²) in [4.78, 5) is 16.3. The van der Waals surface area contributed by atoms with Gasteiger partial charge < -0.3 is 14.9 Å². The second-order valence-electron chi connectivity index (χ2n) is 3.90. The van der Waals surface area contributed by atoms with Gasteiger partial charge in [0, 0.05) is 10.3 Å². The quantitative estimate of drug-likeness (QED) is 0.680. The average molecular weight is 328 g/mol. The number of hydrogen-bond acceptors (Lipinski definition) is 6. The smallest absolute Gasteiger partial charge is 0.346 e. The Morgan fingerprint density at radius 3 is 3.09 bits per heavy atom. The minimum atomic E-state index is -0.688. The molecule has 0 aliphatic carbocycles. The Kier molecular flexibility index (Phi) is 5.26. The molecule has 0 aromatic heterocycles. The van der Waals surface area contributed by atoms with Crippen LogP contribution in [0.4, 0.5) is 14.9 Å². The van der Waals surface area contributed by atoms with Crippen molar-refractivity contribution in [2.45, 2.75) is 6.54 Å². The number of anilines is 1. The van der Waals surface area contributed by atoms with E-state index in [1.54, 1.807) is 0 Å². The summed E-state index contributed by atoms with van der Waals surface area (Å²) in [6.07, 6.45) is 3.59. The first-order chi connectivity index (χ1) is 10.6. The Morgan fingerprint density at radius 1 is 1.59 bits per heavy atom. The number of hydrazone groups is 1. The molecule has 8 nitrogen and oxygen atoms in total. The Bertz CT molecular complexity index is 638. The van der Waals surface area contributed by atoms with Gasteiger partial charge in [-0.25, -0.2) is 9.18 Å². The molecule has 22 heavy (non-hydrogen) atoms. The van der Waals surface area contributed by atoms with E-state index in [-0.39, 0.29) is 17.3 Å². The van der Waals surface area contributed by atoms with Gasteiger partial charge >= 0.3 is 6.03 Å². The van der Waals surface area contributed by atoms with Crippen LogP contribution in [0.25, 0.3) is 0 Å². The highest BCUT2D eigenvalue weighted by molar-refractivity contribution is 6.31. The van der Waals surface area contributed by atoms with E-state index in [9.17, 15) is 9.18 Å². The molecule has 0 fully saturated rings. The van der Waals surface area contributed by atoms with E-state index in [0.29, 0.717) is 5.56 Å². The van der Waals surface area contributed by atoms with Crippen LogP contribution in [0.5, 0.6) is 0 Å². The van der Waals surface area contributed by atoms with Crippen LogP contribution in [0.3, 0.4) is 0 Å². The molecular formula is C12H11ClFN5O3. The molecule has 1 aromatic carbocycles. The van der Waals surface area contributed by atoms with Gasteiger partial charge in [-0.2, -0.15) is 5.01 Å². The van der Waals surface area contributed by atoms with Crippen LogP contribution < -0.4 is 5.32 Å². The summed E-state index contributed by atoms with van der Waals surface area (Å²) >= 11 is 5.91. The number of carbonyl (C=O) groups is 1. The van der Waals surface area contributed by atoms with Crippen molar-refractivity contribution in [1.82, 2.24) is 5.01 Å². The zero-order valence-electron chi connectivity index (χ0n) is 11.4. The maximum Gasteiger partial charge on any atom is 0.346 e. The lowest BCUT2D eigenvalue weighted by Gasteiger charge is -2.16. The molecule has 10 heteroatoms. The molecule has 0 radical (unpaired) electrons. The van der Waals surface area contributed by atoms with E-state index in [4.69, 9.17) is 16.3 Å². The van der Waals surface area contributed by atoms with Gasteiger partial charge in [0.25, 0.3) is 0 Å². The molecule has 0 spiro atoms. The van der Waals surface area contributed by atoms with Gasteiger partial charge in [0.1, 0.15) is 19.2 Å². The fourth-order valence-corrected chi connectivity index (χ4v) is 1.72. The topological polar surface area (TPSA) is 87.9 Å². The van der Waals surface area contributed by atoms with Gasteiger partial charge in [-0.15, -0.1) is 10.2 Å². The van der Waals surface area contributed by atoms with Crippen LogP contribution in [0.15, 0.2) is 40.1 Å². The number of urea groups is 1. The maximum atomic E-state index is 13.9. The Morgan fingerprint density at radius 2 is 2.41 bits per heavy atom. The minimum absolute atomic E-state index is 0.0629. The van der Waals surface area contributed by atoms with Crippen molar-refractivity contribution in [3.8, 4) is 0 Å². The highest BCUT2D eigenvalue weighted by Crippen LogP contribution is 2.25. The molecule has 116 valence electrons.